The van der Waals surface area contributed by atoms with Crippen molar-refractivity contribution in [3.8, 4) is 0 Å². The maximum Gasteiger partial charge on any atom is 0.0925 e. The quantitative estimate of drug-likeness (QED) is 0.849. The summed E-state index contributed by atoms with van der Waals surface area (Å²) in [5.74, 6) is 0. The second-order valence-electron chi connectivity index (χ2n) is 5.09. The zero-order valence-electron chi connectivity index (χ0n) is 12.5. The average Bonchev–Trinajstić information content (AvgIpc) is 2.92. The van der Waals surface area contributed by atoms with Crippen LogP contribution in [0.2, 0.25) is 0 Å². The minimum absolute atomic E-state index is 0.398. The number of hydrogen-bond donors (Lipinski definition) is 1. The average molecular weight is 289 g/mol. The molecule has 0 bridgehead atoms. The molecule has 2 rings (SSSR count). The number of aryl methyl sites for hydroxylation is 1. The van der Waals surface area contributed by atoms with Crippen molar-refractivity contribution < 1.29 is 0 Å². The highest BCUT2D eigenvalue weighted by molar-refractivity contribution is 7.11. The van der Waals surface area contributed by atoms with E-state index in [2.05, 4.69) is 66.6 Å². The van der Waals surface area contributed by atoms with Gasteiger partial charge in [-0.3, -0.25) is 0 Å². The van der Waals surface area contributed by atoms with E-state index in [1.165, 1.54) is 15.4 Å². The van der Waals surface area contributed by atoms with Gasteiger partial charge < -0.3 is 10.2 Å². The molecule has 1 unspecified atom stereocenters. The van der Waals surface area contributed by atoms with Crippen molar-refractivity contribution in [1.29, 1.82) is 0 Å². The molecule has 108 valence electrons. The minimum atomic E-state index is 0.398. The van der Waals surface area contributed by atoms with E-state index in [0.29, 0.717) is 6.04 Å². The first-order valence-electron chi connectivity index (χ1n) is 7.06. The second kappa shape index (κ2) is 7.53. The normalized spacial score (nSPS) is 12.8. The van der Waals surface area contributed by atoms with Gasteiger partial charge in [-0.15, -0.1) is 11.3 Å². The van der Waals surface area contributed by atoms with Crippen LogP contribution in [0.4, 0.5) is 0 Å². The van der Waals surface area contributed by atoms with Crippen molar-refractivity contribution in [2.75, 3.05) is 20.6 Å². The van der Waals surface area contributed by atoms with Crippen LogP contribution in [0.25, 0.3) is 0 Å². The Balaban J connectivity index is 1.90. The molecule has 0 saturated carbocycles. The molecule has 0 aliphatic heterocycles. The third-order valence-electron chi connectivity index (χ3n) is 3.35. The standard InChI is InChI=1S/C16H23N3S/c1-4-16-18-11-14(20-16)10-17-12-15(19(2)3)13-8-6-5-7-9-13/h5-9,11,15,17H,4,10,12H2,1-3H3. The van der Waals surface area contributed by atoms with Crippen LogP contribution in [-0.4, -0.2) is 30.5 Å². The lowest BCUT2D eigenvalue weighted by Crippen LogP contribution is -2.30. The van der Waals surface area contributed by atoms with Crippen LogP contribution in [0.5, 0.6) is 0 Å². The van der Waals surface area contributed by atoms with Crippen molar-refractivity contribution in [1.82, 2.24) is 15.2 Å². The van der Waals surface area contributed by atoms with Gasteiger partial charge in [0.25, 0.3) is 0 Å². The molecule has 3 nitrogen and oxygen atoms in total. The fraction of sp³-hybridized carbons (Fsp3) is 0.438. The van der Waals surface area contributed by atoms with E-state index < -0.39 is 0 Å². The van der Waals surface area contributed by atoms with E-state index >= 15 is 0 Å². The van der Waals surface area contributed by atoms with Crippen LogP contribution in [0, 0.1) is 0 Å². The maximum atomic E-state index is 4.39. The van der Waals surface area contributed by atoms with E-state index in [4.69, 9.17) is 0 Å². The summed E-state index contributed by atoms with van der Waals surface area (Å²) in [6, 6.07) is 11.0. The fourth-order valence-electron chi connectivity index (χ4n) is 2.20. The van der Waals surface area contributed by atoms with Crippen LogP contribution in [-0.2, 0) is 13.0 Å². The SMILES string of the molecule is CCc1ncc(CNCC(c2ccccc2)N(C)C)s1. The lowest BCUT2D eigenvalue weighted by atomic mass is 10.1. The largest absolute Gasteiger partial charge is 0.310 e. The van der Waals surface area contributed by atoms with E-state index in [1.807, 2.05) is 6.20 Å². The Morgan fingerprint density at radius 2 is 2.00 bits per heavy atom. The first-order valence-corrected chi connectivity index (χ1v) is 7.88. The third kappa shape index (κ3) is 4.13. The number of nitrogens with zero attached hydrogens (tertiary/aromatic N) is 2. The van der Waals surface area contributed by atoms with Gasteiger partial charge in [0.15, 0.2) is 0 Å². The number of aromatic nitrogens is 1. The summed E-state index contributed by atoms with van der Waals surface area (Å²) in [6.45, 7) is 3.98. The van der Waals surface area contributed by atoms with E-state index in [1.54, 1.807) is 11.3 Å². The molecular formula is C16H23N3S. The highest BCUT2D eigenvalue weighted by Crippen LogP contribution is 2.17. The molecule has 0 fully saturated rings. The summed E-state index contributed by atoms with van der Waals surface area (Å²) in [4.78, 5) is 7.96. The molecule has 4 heteroatoms. The molecule has 1 heterocycles. The number of nitrogens with one attached hydrogen (secondary N) is 1. The summed E-state index contributed by atoms with van der Waals surface area (Å²) in [7, 11) is 4.25. The van der Waals surface area contributed by atoms with Crippen molar-refractivity contribution in [2.24, 2.45) is 0 Å². The Morgan fingerprint density at radius 3 is 2.60 bits per heavy atom. The molecular weight excluding hydrogens is 266 g/mol. The summed E-state index contributed by atoms with van der Waals surface area (Å²) in [6.07, 6.45) is 3.01. The van der Waals surface area contributed by atoms with Gasteiger partial charge in [-0.05, 0) is 26.1 Å². The lowest BCUT2D eigenvalue weighted by molar-refractivity contribution is 0.288. The molecule has 0 aliphatic carbocycles. The highest BCUT2D eigenvalue weighted by atomic mass is 32.1. The zero-order chi connectivity index (χ0) is 14.4. The van der Waals surface area contributed by atoms with Gasteiger partial charge in [-0.2, -0.15) is 0 Å². The molecule has 2 aromatic rings. The number of benzene rings is 1. The van der Waals surface area contributed by atoms with Gasteiger partial charge in [0.1, 0.15) is 0 Å². The Bertz CT molecular complexity index is 507. The van der Waals surface area contributed by atoms with Crippen LogP contribution >= 0.6 is 11.3 Å². The topological polar surface area (TPSA) is 28.2 Å². The van der Waals surface area contributed by atoms with E-state index in [0.717, 1.165) is 19.5 Å². The van der Waals surface area contributed by atoms with Crippen LogP contribution < -0.4 is 5.32 Å². The third-order valence-corrected chi connectivity index (χ3v) is 4.49. The summed E-state index contributed by atoms with van der Waals surface area (Å²) in [5.41, 5.74) is 1.35. The Labute approximate surface area is 125 Å². The van der Waals surface area contributed by atoms with Crippen LogP contribution in [0.3, 0.4) is 0 Å². The van der Waals surface area contributed by atoms with Gasteiger partial charge in [0, 0.05) is 30.2 Å². The van der Waals surface area contributed by atoms with Crippen LogP contribution in [0.15, 0.2) is 36.5 Å². The molecule has 20 heavy (non-hydrogen) atoms. The molecule has 0 amide bonds. The maximum absolute atomic E-state index is 4.39. The molecule has 0 spiro atoms. The summed E-state index contributed by atoms with van der Waals surface area (Å²) < 4.78 is 0. The molecule has 0 saturated heterocycles. The lowest BCUT2D eigenvalue weighted by Gasteiger charge is -2.25. The first-order chi connectivity index (χ1) is 9.70. The highest BCUT2D eigenvalue weighted by Gasteiger charge is 2.13. The molecule has 1 aromatic heterocycles. The Morgan fingerprint density at radius 1 is 1.25 bits per heavy atom. The van der Waals surface area contributed by atoms with Gasteiger partial charge in [-0.25, -0.2) is 4.98 Å². The molecule has 0 radical (unpaired) electrons. The molecule has 0 aliphatic rings. The van der Waals surface area contributed by atoms with Crippen molar-refractivity contribution >= 4 is 11.3 Å². The smallest absolute Gasteiger partial charge is 0.0925 e. The van der Waals surface area contributed by atoms with Crippen molar-refractivity contribution in [3.63, 3.8) is 0 Å². The minimum Gasteiger partial charge on any atom is -0.310 e. The number of rotatable bonds is 7. The van der Waals surface area contributed by atoms with Crippen molar-refractivity contribution in [2.45, 2.75) is 25.9 Å². The Hall–Kier alpha value is -1.23. The van der Waals surface area contributed by atoms with Crippen LogP contribution in [0.1, 0.15) is 28.4 Å². The van der Waals surface area contributed by atoms with Crippen molar-refractivity contribution in [3.05, 3.63) is 52.0 Å². The Kier molecular flexibility index (Phi) is 5.71. The predicted molar refractivity (Wildman–Crippen MR) is 86.1 cm³/mol. The summed E-state index contributed by atoms with van der Waals surface area (Å²) >= 11 is 1.80. The summed E-state index contributed by atoms with van der Waals surface area (Å²) in [5, 5.41) is 4.76. The molecule has 1 aromatic carbocycles. The predicted octanol–water partition coefficient (Wildman–Crippen LogP) is 3.10. The zero-order valence-corrected chi connectivity index (χ0v) is 13.3. The van der Waals surface area contributed by atoms with Gasteiger partial charge in [0.2, 0.25) is 0 Å². The second-order valence-corrected chi connectivity index (χ2v) is 6.29. The van der Waals surface area contributed by atoms with E-state index in [9.17, 15) is 0 Å². The monoisotopic (exact) mass is 289 g/mol. The van der Waals surface area contributed by atoms with Gasteiger partial charge in [0.05, 0.1) is 5.01 Å². The number of hydrogen-bond acceptors (Lipinski definition) is 4. The van der Waals surface area contributed by atoms with Gasteiger partial charge in [-0.1, -0.05) is 37.3 Å². The van der Waals surface area contributed by atoms with E-state index in [-0.39, 0.29) is 0 Å². The fourth-order valence-corrected chi connectivity index (χ4v) is 3.03. The first kappa shape index (κ1) is 15.2. The number of thiazole rings is 1. The number of likely N-dealkylation sites (N-methyl/N-ethyl adjacent to an activating group) is 1. The molecule has 1 N–H and O–H groups in total. The molecule has 1 atom stereocenters. The van der Waals surface area contributed by atoms with Gasteiger partial charge >= 0.3 is 0 Å².